The predicted molar refractivity (Wildman–Crippen MR) is 69.2 cm³/mol. The molecule has 0 aliphatic heterocycles. The van der Waals surface area contributed by atoms with E-state index in [9.17, 15) is 4.79 Å². The van der Waals surface area contributed by atoms with Crippen LogP contribution in [0.2, 0.25) is 5.02 Å². The lowest BCUT2D eigenvalue weighted by Crippen LogP contribution is -2.02. The van der Waals surface area contributed by atoms with Crippen molar-refractivity contribution in [3.63, 3.8) is 0 Å². The van der Waals surface area contributed by atoms with Gasteiger partial charge in [-0.2, -0.15) is 5.10 Å². The molecule has 100 valence electrons. The molecule has 19 heavy (non-hydrogen) atoms. The van der Waals surface area contributed by atoms with Gasteiger partial charge in [0.1, 0.15) is 5.82 Å². The van der Waals surface area contributed by atoms with Crippen molar-refractivity contribution in [3.05, 3.63) is 28.9 Å². The van der Waals surface area contributed by atoms with Gasteiger partial charge in [0.15, 0.2) is 5.82 Å². The molecule has 0 spiro atoms. The SMILES string of the molecule is COc1cc(Nc2cc(C(=O)O)c(Cl)cn2)nn1C. The maximum atomic E-state index is 11.0. The Labute approximate surface area is 113 Å². The van der Waals surface area contributed by atoms with Gasteiger partial charge in [-0.3, -0.25) is 0 Å². The van der Waals surface area contributed by atoms with Gasteiger partial charge in [-0.25, -0.2) is 14.5 Å². The third-order valence-corrected chi connectivity index (χ3v) is 2.69. The molecule has 0 radical (unpaired) electrons. The first-order valence-electron chi connectivity index (χ1n) is 5.25. The Balaban J connectivity index is 2.28. The fourth-order valence-electron chi connectivity index (χ4n) is 1.50. The van der Waals surface area contributed by atoms with E-state index < -0.39 is 5.97 Å². The first-order valence-corrected chi connectivity index (χ1v) is 5.63. The number of carboxylic acid groups (broad SMARTS) is 1. The Hall–Kier alpha value is -2.28. The summed E-state index contributed by atoms with van der Waals surface area (Å²) in [5.74, 6) is 0.275. The van der Waals surface area contributed by atoms with Gasteiger partial charge in [-0.15, -0.1) is 0 Å². The molecular weight excluding hydrogens is 272 g/mol. The van der Waals surface area contributed by atoms with Crippen LogP contribution in [0, 0.1) is 0 Å². The number of nitrogens with zero attached hydrogens (tertiary/aromatic N) is 3. The number of aromatic carboxylic acids is 1. The third kappa shape index (κ3) is 2.76. The van der Waals surface area contributed by atoms with Crippen molar-refractivity contribution in [1.29, 1.82) is 0 Å². The molecule has 0 aliphatic carbocycles. The number of carboxylic acids is 1. The fraction of sp³-hybridized carbons (Fsp3) is 0.182. The Morgan fingerprint density at radius 1 is 1.47 bits per heavy atom. The lowest BCUT2D eigenvalue weighted by atomic mass is 10.2. The number of anilines is 2. The first-order chi connectivity index (χ1) is 9.01. The highest BCUT2D eigenvalue weighted by atomic mass is 35.5. The summed E-state index contributed by atoms with van der Waals surface area (Å²) < 4.78 is 6.61. The van der Waals surface area contributed by atoms with Crippen LogP contribution in [0.3, 0.4) is 0 Å². The van der Waals surface area contributed by atoms with Crippen molar-refractivity contribution in [1.82, 2.24) is 14.8 Å². The monoisotopic (exact) mass is 282 g/mol. The van der Waals surface area contributed by atoms with Crippen LogP contribution in [0.25, 0.3) is 0 Å². The average Bonchev–Trinajstić information content (AvgIpc) is 2.71. The minimum atomic E-state index is -1.12. The molecule has 0 bridgehead atoms. The zero-order valence-electron chi connectivity index (χ0n) is 10.2. The molecule has 2 N–H and O–H groups in total. The van der Waals surface area contributed by atoms with Crippen molar-refractivity contribution in [2.24, 2.45) is 7.05 Å². The van der Waals surface area contributed by atoms with Gasteiger partial charge in [-0.05, 0) is 6.07 Å². The van der Waals surface area contributed by atoms with Crippen LogP contribution in [-0.4, -0.2) is 33.0 Å². The number of hydrogen-bond donors (Lipinski definition) is 2. The average molecular weight is 283 g/mol. The van der Waals surface area contributed by atoms with Crippen LogP contribution < -0.4 is 10.1 Å². The number of methoxy groups -OCH3 is 1. The van der Waals surface area contributed by atoms with E-state index in [0.29, 0.717) is 17.5 Å². The highest BCUT2D eigenvalue weighted by molar-refractivity contribution is 6.33. The molecule has 0 saturated carbocycles. The highest BCUT2D eigenvalue weighted by Gasteiger charge is 2.12. The largest absolute Gasteiger partial charge is 0.481 e. The number of nitrogens with one attached hydrogen (secondary N) is 1. The number of aryl methyl sites for hydroxylation is 1. The Morgan fingerprint density at radius 3 is 2.79 bits per heavy atom. The third-order valence-electron chi connectivity index (χ3n) is 2.39. The minimum absolute atomic E-state index is 0.0259. The van der Waals surface area contributed by atoms with Gasteiger partial charge in [0.05, 0.1) is 17.7 Å². The Kier molecular flexibility index (Phi) is 3.57. The van der Waals surface area contributed by atoms with E-state index in [4.69, 9.17) is 21.4 Å². The molecule has 8 heteroatoms. The quantitative estimate of drug-likeness (QED) is 0.890. The number of halogens is 1. The smallest absolute Gasteiger partial charge is 0.337 e. The lowest BCUT2D eigenvalue weighted by molar-refractivity contribution is 0.0697. The van der Waals surface area contributed by atoms with E-state index in [2.05, 4.69) is 15.4 Å². The second kappa shape index (κ2) is 5.15. The Bertz CT molecular complexity index is 626. The molecule has 2 aromatic heterocycles. The summed E-state index contributed by atoms with van der Waals surface area (Å²) in [5.41, 5.74) is -0.0259. The van der Waals surface area contributed by atoms with E-state index in [1.807, 2.05) is 0 Å². The Morgan fingerprint density at radius 2 is 2.21 bits per heavy atom. The van der Waals surface area contributed by atoms with E-state index in [-0.39, 0.29) is 10.6 Å². The second-order valence-electron chi connectivity index (χ2n) is 3.68. The molecule has 0 amide bonds. The molecule has 2 aromatic rings. The van der Waals surface area contributed by atoms with E-state index >= 15 is 0 Å². The summed E-state index contributed by atoms with van der Waals surface area (Å²) in [6.07, 6.45) is 1.27. The van der Waals surface area contributed by atoms with Crippen molar-refractivity contribution >= 4 is 29.2 Å². The van der Waals surface area contributed by atoms with Gasteiger partial charge in [0, 0.05) is 19.3 Å². The molecule has 7 nitrogen and oxygen atoms in total. The van der Waals surface area contributed by atoms with Gasteiger partial charge in [0.25, 0.3) is 0 Å². The lowest BCUT2D eigenvalue weighted by Gasteiger charge is -2.04. The molecule has 0 aromatic carbocycles. The van der Waals surface area contributed by atoms with Crippen molar-refractivity contribution in [3.8, 4) is 5.88 Å². The normalized spacial score (nSPS) is 10.3. The number of rotatable bonds is 4. The van der Waals surface area contributed by atoms with Crippen LogP contribution in [0.15, 0.2) is 18.3 Å². The van der Waals surface area contributed by atoms with Gasteiger partial charge in [-0.1, -0.05) is 11.6 Å². The predicted octanol–water partition coefficient (Wildman–Crippen LogP) is 1.92. The molecule has 2 heterocycles. The highest BCUT2D eigenvalue weighted by Crippen LogP contribution is 2.22. The minimum Gasteiger partial charge on any atom is -0.481 e. The topological polar surface area (TPSA) is 89.3 Å². The van der Waals surface area contributed by atoms with Crippen LogP contribution in [-0.2, 0) is 7.05 Å². The molecule has 0 unspecified atom stereocenters. The summed E-state index contributed by atoms with van der Waals surface area (Å²) in [6.45, 7) is 0. The van der Waals surface area contributed by atoms with Gasteiger partial charge >= 0.3 is 5.97 Å². The van der Waals surface area contributed by atoms with Crippen molar-refractivity contribution < 1.29 is 14.6 Å². The summed E-state index contributed by atoms with van der Waals surface area (Å²) in [5, 5.41) is 16.1. The number of ether oxygens (including phenoxy) is 1. The number of hydrogen-bond acceptors (Lipinski definition) is 5. The molecule has 0 saturated heterocycles. The summed E-state index contributed by atoms with van der Waals surface area (Å²) in [4.78, 5) is 14.9. The zero-order chi connectivity index (χ0) is 14.0. The molecule has 2 rings (SSSR count). The number of carbonyl (C=O) groups is 1. The summed E-state index contributed by atoms with van der Waals surface area (Å²) in [6, 6.07) is 3.00. The van der Waals surface area contributed by atoms with Crippen molar-refractivity contribution in [2.45, 2.75) is 0 Å². The van der Waals surface area contributed by atoms with Gasteiger partial charge < -0.3 is 15.2 Å². The molecular formula is C11H11ClN4O3. The van der Waals surface area contributed by atoms with Crippen LogP contribution in [0.4, 0.5) is 11.6 Å². The standard InChI is InChI=1S/C11H11ClN4O3/c1-16-10(19-2)4-9(15-16)14-8-3-6(11(17)18)7(12)5-13-8/h3-5H,1-2H3,(H,17,18)(H,13,14,15). The number of pyridine rings is 1. The van der Waals surface area contributed by atoms with E-state index in [1.165, 1.54) is 24.1 Å². The van der Waals surface area contributed by atoms with E-state index in [1.54, 1.807) is 13.1 Å². The van der Waals surface area contributed by atoms with Crippen molar-refractivity contribution in [2.75, 3.05) is 12.4 Å². The molecule has 0 fully saturated rings. The first kappa shape index (κ1) is 13.2. The number of aromatic nitrogens is 3. The van der Waals surface area contributed by atoms with Crippen LogP contribution in [0.1, 0.15) is 10.4 Å². The second-order valence-corrected chi connectivity index (χ2v) is 4.08. The zero-order valence-corrected chi connectivity index (χ0v) is 11.0. The maximum Gasteiger partial charge on any atom is 0.337 e. The maximum absolute atomic E-state index is 11.0. The molecule has 0 aliphatic rings. The van der Waals surface area contributed by atoms with Gasteiger partial charge in [0.2, 0.25) is 5.88 Å². The summed E-state index contributed by atoms with van der Waals surface area (Å²) >= 11 is 5.74. The van der Waals surface area contributed by atoms with Crippen LogP contribution in [0.5, 0.6) is 5.88 Å². The molecule has 0 atom stereocenters. The summed E-state index contributed by atoms with van der Waals surface area (Å²) in [7, 11) is 3.26. The van der Waals surface area contributed by atoms with E-state index in [0.717, 1.165) is 0 Å². The fourth-order valence-corrected chi connectivity index (χ4v) is 1.69. The van der Waals surface area contributed by atoms with Crippen LogP contribution >= 0.6 is 11.6 Å².